The van der Waals surface area contributed by atoms with Gasteiger partial charge in [0.15, 0.2) is 0 Å². The monoisotopic (exact) mass is 586 g/mol. The van der Waals surface area contributed by atoms with Crippen molar-refractivity contribution in [2.45, 2.75) is 37.1 Å². The molecule has 10 heteroatoms. The predicted molar refractivity (Wildman–Crippen MR) is 157 cm³/mol. The maximum Gasteiger partial charge on any atom is 0.292 e. The van der Waals surface area contributed by atoms with Crippen LogP contribution in [0.1, 0.15) is 29.9 Å². The Kier molecular flexibility index (Phi) is 14.6. The first-order valence-corrected chi connectivity index (χ1v) is 13.4. The van der Waals surface area contributed by atoms with E-state index in [-0.39, 0.29) is 37.1 Å². The number of fused-ring (bicyclic) bond motifs is 3. The molecule has 3 aromatic carbocycles. The SMILES string of the molecule is CO.COC=O.COc1cc(OCC(O)CO)cc2c1C1C(O)C(C)[C@@H](c3ccccc3)C1O2.COc1ccccc1. The van der Waals surface area contributed by atoms with Crippen LogP contribution in [0.4, 0.5) is 0 Å². The summed E-state index contributed by atoms with van der Waals surface area (Å²) in [5.41, 5.74) is 2.01. The summed E-state index contributed by atoms with van der Waals surface area (Å²) >= 11 is 0. The predicted octanol–water partition coefficient (Wildman–Crippen LogP) is 3.16. The van der Waals surface area contributed by atoms with E-state index in [9.17, 15) is 10.2 Å². The summed E-state index contributed by atoms with van der Waals surface area (Å²) in [6.45, 7) is 2.03. The van der Waals surface area contributed by atoms with E-state index in [0.717, 1.165) is 24.0 Å². The van der Waals surface area contributed by atoms with Crippen LogP contribution in [-0.4, -0.2) is 86.9 Å². The highest BCUT2D eigenvalue weighted by Gasteiger charge is 2.55. The molecule has 1 aliphatic carbocycles. The third-order valence-electron chi connectivity index (χ3n) is 6.99. The Labute approximate surface area is 247 Å². The van der Waals surface area contributed by atoms with Crippen LogP contribution in [-0.2, 0) is 9.53 Å². The van der Waals surface area contributed by atoms with E-state index in [2.05, 4.69) is 23.8 Å². The summed E-state index contributed by atoms with van der Waals surface area (Å²) in [5, 5.41) is 36.5. The summed E-state index contributed by atoms with van der Waals surface area (Å²) in [4.78, 5) is 8.95. The second kappa shape index (κ2) is 17.9. The van der Waals surface area contributed by atoms with E-state index in [4.69, 9.17) is 34.0 Å². The summed E-state index contributed by atoms with van der Waals surface area (Å²) in [6.07, 6.45) is -1.69. The second-order valence-corrected chi connectivity index (χ2v) is 9.43. The van der Waals surface area contributed by atoms with Gasteiger partial charge in [0.25, 0.3) is 6.47 Å². The minimum atomic E-state index is -0.954. The molecule has 0 bridgehead atoms. The van der Waals surface area contributed by atoms with E-state index in [1.165, 1.54) is 7.11 Å². The lowest BCUT2D eigenvalue weighted by atomic mass is 9.88. The fraction of sp³-hybridized carbons (Fsp3) is 0.406. The van der Waals surface area contributed by atoms with Gasteiger partial charge in [0.2, 0.25) is 0 Å². The molecule has 10 nitrogen and oxygen atoms in total. The number of aliphatic hydroxyl groups excluding tert-OH is 4. The molecule has 1 fully saturated rings. The third kappa shape index (κ3) is 8.59. The third-order valence-corrected chi connectivity index (χ3v) is 6.99. The van der Waals surface area contributed by atoms with Crippen molar-refractivity contribution in [3.8, 4) is 23.0 Å². The Morgan fingerprint density at radius 3 is 2.00 bits per heavy atom. The van der Waals surface area contributed by atoms with Crippen LogP contribution in [0, 0.1) is 5.92 Å². The molecule has 5 rings (SSSR count). The largest absolute Gasteiger partial charge is 0.497 e. The molecular weight excluding hydrogens is 544 g/mol. The van der Waals surface area contributed by atoms with Crippen molar-refractivity contribution in [1.82, 2.24) is 0 Å². The molecule has 5 unspecified atom stereocenters. The molecule has 1 saturated carbocycles. The van der Waals surface area contributed by atoms with Gasteiger partial charge in [-0.05, 0) is 23.6 Å². The standard InChI is InChI=1S/C22H26O6.C7H8O.C2H4O2.CH4O/c1-12-18(13-6-4-3-5-7-13)22-20(21(12)25)19-16(26-2)8-15(9-17(19)28-22)27-11-14(24)10-23;1-8-7-5-3-2-4-6-7;1-4-2-3;1-2/h3-9,12,14,18,20-25H,10-11H2,1-2H3;2-6H,1H3;2H,1H3;2H,1H3/t12?,14?,18-,20?,21?,22?;;;/m0.../s1. The fourth-order valence-corrected chi connectivity index (χ4v) is 5.11. The zero-order chi connectivity index (χ0) is 31.1. The second-order valence-electron chi connectivity index (χ2n) is 9.43. The van der Waals surface area contributed by atoms with Crippen molar-refractivity contribution in [1.29, 1.82) is 0 Å². The molecule has 0 aromatic heterocycles. The minimum Gasteiger partial charge on any atom is -0.497 e. The van der Waals surface area contributed by atoms with E-state index in [1.54, 1.807) is 26.4 Å². The van der Waals surface area contributed by atoms with Gasteiger partial charge in [0.1, 0.15) is 41.8 Å². The molecule has 4 N–H and O–H groups in total. The van der Waals surface area contributed by atoms with Gasteiger partial charge in [-0.3, -0.25) is 4.79 Å². The number of rotatable bonds is 8. The molecule has 0 saturated heterocycles. The highest BCUT2D eigenvalue weighted by atomic mass is 16.5. The van der Waals surface area contributed by atoms with Gasteiger partial charge in [-0.2, -0.15) is 0 Å². The van der Waals surface area contributed by atoms with E-state index >= 15 is 0 Å². The van der Waals surface area contributed by atoms with Crippen molar-refractivity contribution in [2.75, 3.05) is 41.7 Å². The number of para-hydroxylation sites is 1. The summed E-state index contributed by atoms with van der Waals surface area (Å²) in [6, 6.07) is 23.3. The van der Waals surface area contributed by atoms with Crippen molar-refractivity contribution in [2.24, 2.45) is 5.92 Å². The quantitative estimate of drug-likeness (QED) is 0.291. The highest BCUT2D eigenvalue weighted by Crippen LogP contribution is 2.58. The van der Waals surface area contributed by atoms with Gasteiger partial charge in [0.05, 0.1) is 40.0 Å². The highest BCUT2D eigenvalue weighted by molar-refractivity contribution is 5.57. The van der Waals surface area contributed by atoms with E-state index in [0.29, 0.717) is 23.7 Å². The molecule has 1 aliphatic heterocycles. The zero-order valence-corrected chi connectivity index (χ0v) is 24.6. The number of hydrogen-bond donors (Lipinski definition) is 4. The summed E-state index contributed by atoms with van der Waals surface area (Å²) in [5.74, 6) is 2.56. The normalized spacial score (nSPS) is 21.6. The number of benzene rings is 3. The van der Waals surface area contributed by atoms with Crippen LogP contribution >= 0.6 is 0 Å². The Morgan fingerprint density at radius 2 is 1.50 bits per heavy atom. The van der Waals surface area contributed by atoms with Gasteiger partial charge >= 0.3 is 0 Å². The molecule has 2 aliphatic rings. The van der Waals surface area contributed by atoms with E-state index in [1.807, 2.05) is 48.5 Å². The number of methoxy groups -OCH3 is 3. The molecule has 0 spiro atoms. The van der Waals surface area contributed by atoms with Crippen molar-refractivity contribution < 1.29 is 48.9 Å². The lowest BCUT2D eigenvalue weighted by Crippen LogP contribution is -2.22. The topological polar surface area (TPSA) is 144 Å². The van der Waals surface area contributed by atoms with Gasteiger partial charge in [0, 0.05) is 30.7 Å². The average Bonchev–Trinajstić information content (AvgIpc) is 3.54. The van der Waals surface area contributed by atoms with Crippen molar-refractivity contribution >= 4 is 6.47 Å². The summed E-state index contributed by atoms with van der Waals surface area (Å²) in [7, 11) is 5.55. The van der Waals surface area contributed by atoms with Crippen LogP contribution in [0.3, 0.4) is 0 Å². The molecule has 0 radical (unpaired) electrons. The van der Waals surface area contributed by atoms with Crippen molar-refractivity contribution in [3.05, 3.63) is 83.9 Å². The Bertz CT molecular complexity index is 1170. The molecule has 1 heterocycles. The van der Waals surface area contributed by atoms with Crippen LogP contribution in [0.15, 0.2) is 72.8 Å². The molecule has 0 amide bonds. The van der Waals surface area contributed by atoms with Crippen molar-refractivity contribution in [3.63, 3.8) is 0 Å². The van der Waals surface area contributed by atoms with Crippen LogP contribution in [0.5, 0.6) is 23.0 Å². The molecule has 3 aromatic rings. The minimum absolute atomic E-state index is 0.0302. The van der Waals surface area contributed by atoms with Crippen LogP contribution in [0.25, 0.3) is 0 Å². The Balaban J connectivity index is 0.000000366. The first-order valence-electron chi connectivity index (χ1n) is 13.4. The summed E-state index contributed by atoms with van der Waals surface area (Å²) < 4.78 is 26.3. The van der Waals surface area contributed by atoms with E-state index < -0.39 is 12.2 Å². The van der Waals surface area contributed by atoms with Gasteiger partial charge < -0.3 is 44.1 Å². The van der Waals surface area contributed by atoms with Crippen LogP contribution < -0.4 is 18.9 Å². The molecular formula is C32H42O10. The fourth-order valence-electron chi connectivity index (χ4n) is 5.11. The number of hydrogen-bond acceptors (Lipinski definition) is 10. The maximum atomic E-state index is 11.0. The molecule has 42 heavy (non-hydrogen) atoms. The smallest absolute Gasteiger partial charge is 0.292 e. The first kappa shape index (κ1) is 34.4. The Morgan fingerprint density at radius 1 is 0.905 bits per heavy atom. The number of carbonyl (C=O) groups is 1. The average molecular weight is 587 g/mol. The lowest BCUT2D eigenvalue weighted by Gasteiger charge is -2.23. The number of aliphatic hydroxyl groups is 4. The lowest BCUT2D eigenvalue weighted by molar-refractivity contribution is -0.126. The van der Waals surface area contributed by atoms with Gasteiger partial charge in [-0.25, -0.2) is 0 Å². The molecule has 230 valence electrons. The molecule has 6 atom stereocenters. The number of ether oxygens (including phenoxy) is 5. The van der Waals surface area contributed by atoms with Gasteiger partial charge in [-0.1, -0.05) is 55.5 Å². The maximum absolute atomic E-state index is 11.0. The van der Waals surface area contributed by atoms with Crippen LogP contribution in [0.2, 0.25) is 0 Å². The number of carbonyl (C=O) groups excluding carboxylic acids is 1. The van der Waals surface area contributed by atoms with Gasteiger partial charge in [-0.15, -0.1) is 0 Å². The zero-order valence-electron chi connectivity index (χ0n) is 24.6. The first-order chi connectivity index (χ1) is 20.4. The Hall–Kier alpha value is -3.83.